The fraction of sp³-hybridized carbons (Fsp3) is 0.250. The monoisotopic (exact) mass is 353 g/mol. The minimum Gasteiger partial charge on any atom is -0.494 e. The third kappa shape index (κ3) is 3.90. The number of hydrogen-bond acceptors (Lipinski definition) is 2. The van der Waals surface area contributed by atoms with Crippen LogP contribution in [0.4, 0.5) is 5.69 Å². The number of benzene rings is 2. The van der Waals surface area contributed by atoms with E-state index < -0.39 is 0 Å². The molecule has 0 saturated carbocycles. The van der Waals surface area contributed by atoms with Gasteiger partial charge < -0.3 is 10.1 Å². The highest BCUT2D eigenvalue weighted by Gasteiger charge is 2.08. The molecule has 0 bridgehead atoms. The van der Waals surface area contributed by atoms with Crippen molar-refractivity contribution in [2.24, 2.45) is 0 Å². The smallest absolute Gasteiger partial charge is 0.119 e. The highest BCUT2D eigenvalue weighted by molar-refractivity contribution is 9.10. The summed E-state index contributed by atoms with van der Waals surface area (Å²) in [4.78, 5) is 0. The number of hydrogen-bond donors (Lipinski definition) is 1. The first kappa shape index (κ1) is 15.2. The molecule has 0 spiro atoms. The van der Waals surface area contributed by atoms with Gasteiger partial charge in [0, 0.05) is 10.5 Å². The second-order valence-corrected chi connectivity index (χ2v) is 5.82. The van der Waals surface area contributed by atoms with Crippen molar-refractivity contribution in [2.45, 2.75) is 19.9 Å². The first-order valence-corrected chi connectivity index (χ1v) is 7.71. The summed E-state index contributed by atoms with van der Waals surface area (Å²) >= 11 is 9.62. The quantitative estimate of drug-likeness (QED) is 0.746. The van der Waals surface area contributed by atoms with Gasteiger partial charge in [0.05, 0.1) is 17.3 Å². The second kappa shape index (κ2) is 7.00. The molecule has 0 aliphatic rings. The standard InChI is InChI=1S/C16H17BrClNO/c1-3-20-14-7-4-12(5-8-14)11(2)19-16-9-6-13(17)10-15(16)18/h4-11,19H,3H2,1-2H3. The Morgan fingerprint density at radius 1 is 1.20 bits per heavy atom. The van der Waals surface area contributed by atoms with Crippen LogP contribution in [-0.2, 0) is 0 Å². The Balaban J connectivity index is 2.09. The molecule has 20 heavy (non-hydrogen) atoms. The second-order valence-electron chi connectivity index (χ2n) is 4.49. The minimum atomic E-state index is 0.171. The van der Waals surface area contributed by atoms with E-state index in [1.807, 2.05) is 37.3 Å². The van der Waals surface area contributed by atoms with Crippen molar-refractivity contribution in [1.29, 1.82) is 0 Å². The zero-order valence-electron chi connectivity index (χ0n) is 11.5. The average Bonchev–Trinajstić information content (AvgIpc) is 2.43. The Morgan fingerprint density at radius 2 is 1.90 bits per heavy atom. The molecule has 106 valence electrons. The molecule has 4 heteroatoms. The number of halogens is 2. The molecular weight excluding hydrogens is 338 g/mol. The fourth-order valence-corrected chi connectivity index (χ4v) is 2.67. The highest BCUT2D eigenvalue weighted by atomic mass is 79.9. The van der Waals surface area contributed by atoms with E-state index in [4.69, 9.17) is 16.3 Å². The van der Waals surface area contributed by atoms with E-state index in [2.05, 4.69) is 40.3 Å². The Bertz CT molecular complexity index is 571. The van der Waals surface area contributed by atoms with Crippen molar-refractivity contribution in [3.63, 3.8) is 0 Å². The largest absolute Gasteiger partial charge is 0.494 e. The summed E-state index contributed by atoms with van der Waals surface area (Å²) in [7, 11) is 0. The number of rotatable bonds is 5. The molecule has 1 atom stereocenters. The maximum Gasteiger partial charge on any atom is 0.119 e. The predicted molar refractivity (Wildman–Crippen MR) is 88.8 cm³/mol. The van der Waals surface area contributed by atoms with Crippen LogP contribution in [0.15, 0.2) is 46.9 Å². The molecule has 0 amide bonds. The zero-order chi connectivity index (χ0) is 14.5. The van der Waals surface area contributed by atoms with E-state index in [-0.39, 0.29) is 6.04 Å². The summed E-state index contributed by atoms with van der Waals surface area (Å²) in [5.41, 5.74) is 2.11. The van der Waals surface area contributed by atoms with Gasteiger partial charge in [-0.2, -0.15) is 0 Å². The molecule has 1 N–H and O–H groups in total. The van der Waals surface area contributed by atoms with E-state index in [9.17, 15) is 0 Å². The van der Waals surface area contributed by atoms with Crippen LogP contribution >= 0.6 is 27.5 Å². The minimum absolute atomic E-state index is 0.171. The highest BCUT2D eigenvalue weighted by Crippen LogP contribution is 2.29. The molecule has 0 aliphatic heterocycles. The Hall–Kier alpha value is -1.19. The summed E-state index contributed by atoms with van der Waals surface area (Å²) in [6.07, 6.45) is 0. The molecule has 0 fully saturated rings. The molecule has 0 aliphatic carbocycles. The van der Waals surface area contributed by atoms with Crippen molar-refractivity contribution < 1.29 is 4.74 Å². The molecule has 0 aromatic heterocycles. The normalized spacial score (nSPS) is 12.0. The van der Waals surface area contributed by atoms with Gasteiger partial charge in [0.25, 0.3) is 0 Å². The molecule has 0 heterocycles. The third-order valence-corrected chi connectivity index (χ3v) is 3.80. The van der Waals surface area contributed by atoms with Gasteiger partial charge in [-0.05, 0) is 49.7 Å². The van der Waals surface area contributed by atoms with E-state index in [1.165, 1.54) is 5.56 Å². The van der Waals surface area contributed by atoms with Gasteiger partial charge in [0.2, 0.25) is 0 Å². The lowest BCUT2D eigenvalue weighted by Gasteiger charge is -2.17. The topological polar surface area (TPSA) is 21.3 Å². The van der Waals surface area contributed by atoms with Crippen LogP contribution in [0.2, 0.25) is 5.02 Å². The van der Waals surface area contributed by atoms with E-state index in [1.54, 1.807) is 0 Å². The summed E-state index contributed by atoms with van der Waals surface area (Å²) in [5.74, 6) is 0.894. The summed E-state index contributed by atoms with van der Waals surface area (Å²) in [5, 5.41) is 4.12. The Kier molecular flexibility index (Phi) is 5.32. The molecule has 0 radical (unpaired) electrons. The molecular formula is C16H17BrClNO. The van der Waals surface area contributed by atoms with Crippen LogP contribution in [-0.4, -0.2) is 6.61 Å². The molecule has 0 saturated heterocycles. The van der Waals surface area contributed by atoms with Crippen LogP contribution < -0.4 is 10.1 Å². The fourth-order valence-electron chi connectivity index (χ4n) is 1.94. The Labute approximate surface area is 133 Å². The molecule has 2 aromatic rings. The van der Waals surface area contributed by atoms with Crippen LogP contribution in [0, 0.1) is 0 Å². The van der Waals surface area contributed by atoms with Gasteiger partial charge >= 0.3 is 0 Å². The van der Waals surface area contributed by atoms with Gasteiger partial charge in [0.15, 0.2) is 0 Å². The lowest BCUT2D eigenvalue weighted by molar-refractivity contribution is 0.340. The zero-order valence-corrected chi connectivity index (χ0v) is 13.8. The number of anilines is 1. The lowest BCUT2D eigenvalue weighted by atomic mass is 10.1. The van der Waals surface area contributed by atoms with Crippen LogP contribution in [0.1, 0.15) is 25.5 Å². The van der Waals surface area contributed by atoms with Crippen molar-refractivity contribution in [2.75, 3.05) is 11.9 Å². The summed E-state index contributed by atoms with van der Waals surface area (Å²) in [6.45, 7) is 4.77. The third-order valence-electron chi connectivity index (χ3n) is 2.99. The van der Waals surface area contributed by atoms with Gasteiger partial charge in [-0.3, -0.25) is 0 Å². The molecule has 2 nitrogen and oxygen atoms in total. The van der Waals surface area contributed by atoms with Crippen LogP contribution in [0.3, 0.4) is 0 Å². The Morgan fingerprint density at radius 3 is 2.50 bits per heavy atom. The van der Waals surface area contributed by atoms with Gasteiger partial charge in [-0.1, -0.05) is 39.7 Å². The van der Waals surface area contributed by atoms with Crippen LogP contribution in [0.5, 0.6) is 5.75 Å². The summed E-state index contributed by atoms with van der Waals surface area (Å²) < 4.78 is 6.42. The van der Waals surface area contributed by atoms with Crippen molar-refractivity contribution >= 4 is 33.2 Å². The maximum atomic E-state index is 6.22. The lowest BCUT2D eigenvalue weighted by Crippen LogP contribution is -2.07. The average molecular weight is 355 g/mol. The molecule has 2 aromatic carbocycles. The van der Waals surface area contributed by atoms with Gasteiger partial charge in [0.1, 0.15) is 5.75 Å². The molecule has 1 unspecified atom stereocenters. The van der Waals surface area contributed by atoms with E-state index >= 15 is 0 Å². The van der Waals surface area contributed by atoms with Gasteiger partial charge in [-0.15, -0.1) is 0 Å². The first-order chi connectivity index (χ1) is 9.60. The van der Waals surface area contributed by atoms with E-state index in [0.29, 0.717) is 11.6 Å². The van der Waals surface area contributed by atoms with Crippen molar-refractivity contribution in [1.82, 2.24) is 0 Å². The number of ether oxygens (including phenoxy) is 1. The first-order valence-electron chi connectivity index (χ1n) is 6.54. The predicted octanol–water partition coefficient (Wildman–Crippen LogP) is 5.67. The maximum absolute atomic E-state index is 6.22. The van der Waals surface area contributed by atoms with E-state index in [0.717, 1.165) is 15.9 Å². The number of nitrogens with one attached hydrogen (secondary N) is 1. The van der Waals surface area contributed by atoms with Gasteiger partial charge in [-0.25, -0.2) is 0 Å². The SMILES string of the molecule is CCOc1ccc(C(C)Nc2ccc(Br)cc2Cl)cc1. The van der Waals surface area contributed by atoms with Crippen molar-refractivity contribution in [3.05, 3.63) is 57.5 Å². The summed E-state index contributed by atoms with van der Waals surface area (Å²) in [6, 6.07) is 14.1. The molecule has 2 rings (SSSR count). The van der Waals surface area contributed by atoms with Crippen LogP contribution in [0.25, 0.3) is 0 Å². The van der Waals surface area contributed by atoms with Crippen molar-refractivity contribution in [3.8, 4) is 5.75 Å².